The maximum atomic E-state index is 10.1. The molecule has 0 bridgehead atoms. The molecule has 0 spiro atoms. The van der Waals surface area contributed by atoms with Crippen LogP contribution in [0.2, 0.25) is 10.0 Å². The first-order valence-corrected chi connectivity index (χ1v) is 7.87. The summed E-state index contributed by atoms with van der Waals surface area (Å²) in [6, 6.07) is 4.30. The van der Waals surface area contributed by atoms with Crippen LogP contribution in [0.5, 0.6) is 5.75 Å². The molecule has 1 heterocycles. The standard InChI is InChI=1S/C15H22Cl2N2O/c1-10(2)19(9-13-4-3-5-18-13)8-11-6-12(16)7-14(17)15(11)20/h6-7,10,13,18,20H,3-5,8-9H2,1-2H3. The molecular formula is C15H22Cl2N2O. The number of halogens is 2. The van der Waals surface area contributed by atoms with Crippen LogP contribution < -0.4 is 5.32 Å². The summed E-state index contributed by atoms with van der Waals surface area (Å²) in [5.74, 6) is 0.140. The van der Waals surface area contributed by atoms with Gasteiger partial charge in [-0.2, -0.15) is 0 Å². The molecule has 0 saturated carbocycles. The van der Waals surface area contributed by atoms with Gasteiger partial charge in [0.05, 0.1) is 5.02 Å². The summed E-state index contributed by atoms with van der Waals surface area (Å²) >= 11 is 12.0. The fourth-order valence-corrected chi connectivity index (χ4v) is 3.15. The molecule has 0 aliphatic carbocycles. The number of nitrogens with zero attached hydrogens (tertiary/aromatic N) is 1. The maximum absolute atomic E-state index is 10.1. The molecule has 0 aromatic heterocycles. The highest BCUT2D eigenvalue weighted by Gasteiger charge is 2.21. The Hall–Kier alpha value is -0.480. The quantitative estimate of drug-likeness (QED) is 0.870. The molecule has 20 heavy (non-hydrogen) atoms. The minimum atomic E-state index is 0.140. The Morgan fingerprint density at radius 2 is 2.15 bits per heavy atom. The summed E-state index contributed by atoms with van der Waals surface area (Å²) in [5.41, 5.74) is 0.786. The topological polar surface area (TPSA) is 35.5 Å². The van der Waals surface area contributed by atoms with Crippen molar-refractivity contribution in [2.24, 2.45) is 0 Å². The second-order valence-electron chi connectivity index (χ2n) is 5.71. The molecule has 1 aromatic carbocycles. The SMILES string of the molecule is CC(C)N(Cc1cc(Cl)cc(Cl)c1O)CC1CCCN1. The first kappa shape index (κ1) is 15.9. The Morgan fingerprint density at radius 1 is 1.40 bits per heavy atom. The van der Waals surface area contributed by atoms with Crippen molar-refractivity contribution in [2.75, 3.05) is 13.1 Å². The molecule has 1 saturated heterocycles. The van der Waals surface area contributed by atoms with Crippen LogP contribution in [0.3, 0.4) is 0 Å². The number of aromatic hydroxyl groups is 1. The minimum absolute atomic E-state index is 0.140. The predicted molar refractivity (Wildman–Crippen MR) is 84.7 cm³/mol. The van der Waals surface area contributed by atoms with E-state index in [-0.39, 0.29) is 5.75 Å². The van der Waals surface area contributed by atoms with Crippen LogP contribution in [0, 0.1) is 0 Å². The zero-order chi connectivity index (χ0) is 14.7. The molecule has 1 aliphatic rings. The number of hydrogen-bond acceptors (Lipinski definition) is 3. The lowest BCUT2D eigenvalue weighted by Crippen LogP contribution is -2.40. The second kappa shape index (κ2) is 6.99. The van der Waals surface area contributed by atoms with Crippen molar-refractivity contribution in [3.63, 3.8) is 0 Å². The lowest BCUT2D eigenvalue weighted by molar-refractivity contribution is 0.192. The van der Waals surface area contributed by atoms with E-state index in [4.69, 9.17) is 23.2 Å². The summed E-state index contributed by atoms with van der Waals surface area (Å²) in [6.07, 6.45) is 2.45. The number of nitrogens with one attached hydrogen (secondary N) is 1. The zero-order valence-corrected chi connectivity index (χ0v) is 13.5. The third-order valence-electron chi connectivity index (χ3n) is 3.83. The summed E-state index contributed by atoms with van der Waals surface area (Å²) in [4.78, 5) is 2.34. The van der Waals surface area contributed by atoms with E-state index in [9.17, 15) is 5.11 Å². The monoisotopic (exact) mass is 316 g/mol. The molecule has 3 nitrogen and oxygen atoms in total. The van der Waals surface area contributed by atoms with Crippen LogP contribution in [0.1, 0.15) is 32.3 Å². The number of rotatable bonds is 5. The van der Waals surface area contributed by atoms with Crippen LogP contribution in [0.15, 0.2) is 12.1 Å². The Balaban J connectivity index is 2.11. The molecule has 0 amide bonds. The van der Waals surface area contributed by atoms with Crippen molar-refractivity contribution in [3.8, 4) is 5.75 Å². The third kappa shape index (κ3) is 4.01. The van der Waals surface area contributed by atoms with Crippen molar-refractivity contribution >= 4 is 23.2 Å². The van der Waals surface area contributed by atoms with Crippen LogP contribution in [-0.4, -0.2) is 35.2 Å². The smallest absolute Gasteiger partial charge is 0.138 e. The van der Waals surface area contributed by atoms with Gasteiger partial charge in [0.25, 0.3) is 0 Å². The fraction of sp³-hybridized carbons (Fsp3) is 0.600. The van der Waals surface area contributed by atoms with Gasteiger partial charge in [0, 0.05) is 35.8 Å². The molecule has 1 aromatic rings. The van der Waals surface area contributed by atoms with Gasteiger partial charge < -0.3 is 10.4 Å². The Labute approximate surface area is 130 Å². The van der Waals surface area contributed by atoms with Gasteiger partial charge in [-0.3, -0.25) is 4.90 Å². The molecule has 5 heteroatoms. The van der Waals surface area contributed by atoms with Crippen LogP contribution in [0.4, 0.5) is 0 Å². The van der Waals surface area contributed by atoms with Crippen molar-refractivity contribution in [3.05, 3.63) is 27.7 Å². The first-order chi connectivity index (χ1) is 9.47. The Morgan fingerprint density at radius 3 is 2.75 bits per heavy atom. The van der Waals surface area contributed by atoms with Gasteiger partial charge in [-0.05, 0) is 45.4 Å². The van der Waals surface area contributed by atoms with E-state index in [0.717, 1.165) is 18.7 Å². The van der Waals surface area contributed by atoms with Crippen LogP contribution in [-0.2, 0) is 6.54 Å². The van der Waals surface area contributed by atoms with Crippen LogP contribution >= 0.6 is 23.2 Å². The van der Waals surface area contributed by atoms with Crippen molar-refractivity contribution in [1.29, 1.82) is 0 Å². The minimum Gasteiger partial charge on any atom is -0.506 e. The summed E-state index contributed by atoms with van der Waals surface area (Å²) in [7, 11) is 0. The highest BCUT2D eigenvalue weighted by Crippen LogP contribution is 2.32. The van der Waals surface area contributed by atoms with Gasteiger partial charge in [0.15, 0.2) is 0 Å². The van der Waals surface area contributed by atoms with E-state index < -0.39 is 0 Å². The van der Waals surface area contributed by atoms with Gasteiger partial charge in [-0.15, -0.1) is 0 Å². The maximum Gasteiger partial charge on any atom is 0.138 e. The van der Waals surface area contributed by atoms with Crippen molar-refractivity contribution in [1.82, 2.24) is 10.2 Å². The number of phenolic OH excluding ortho intramolecular Hbond substituents is 1. The van der Waals surface area contributed by atoms with Gasteiger partial charge in [0.1, 0.15) is 5.75 Å². The highest BCUT2D eigenvalue weighted by molar-refractivity contribution is 6.35. The first-order valence-electron chi connectivity index (χ1n) is 7.11. The molecular weight excluding hydrogens is 295 g/mol. The van der Waals surface area contributed by atoms with Gasteiger partial charge in [-0.25, -0.2) is 0 Å². The van der Waals surface area contributed by atoms with E-state index in [1.165, 1.54) is 12.8 Å². The zero-order valence-electron chi connectivity index (χ0n) is 12.0. The predicted octanol–water partition coefficient (Wildman–Crippen LogP) is 3.66. The molecule has 112 valence electrons. The van der Waals surface area contributed by atoms with Gasteiger partial charge >= 0.3 is 0 Å². The number of phenols is 1. The average Bonchev–Trinajstić information content (AvgIpc) is 2.87. The largest absolute Gasteiger partial charge is 0.506 e. The fourth-order valence-electron chi connectivity index (χ4n) is 2.61. The highest BCUT2D eigenvalue weighted by atomic mass is 35.5. The third-order valence-corrected chi connectivity index (χ3v) is 4.33. The molecule has 2 N–H and O–H groups in total. The number of benzene rings is 1. The lowest BCUT2D eigenvalue weighted by Gasteiger charge is -2.29. The molecule has 1 atom stereocenters. The molecule has 1 aliphatic heterocycles. The lowest BCUT2D eigenvalue weighted by atomic mass is 10.1. The molecule has 2 rings (SSSR count). The normalized spacial score (nSPS) is 19.2. The Bertz CT molecular complexity index is 459. The van der Waals surface area contributed by atoms with Crippen LogP contribution in [0.25, 0.3) is 0 Å². The average molecular weight is 317 g/mol. The summed E-state index contributed by atoms with van der Waals surface area (Å²) < 4.78 is 0. The van der Waals surface area contributed by atoms with E-state index in [2.05, 4.69) is 24.1 Å². The number of hydrogen-bond donors (Lipinski definition) is 2. The van der Waals surface area contributed by atoms with E-state index >= 15 is 0 Å². The van der Waals surface area contributed by atoms with E-state index in [0.29, 0.717) is 28.7 Å². The summed E-state index contributed by atoms with van der Waals surface area (Å²) in [5, 5.41) is 14.5. The molecule has 1 unspecified atom stereocenters. The van der Waals surface area contributed by atoms with Gasteiger partial charge in [0.2, 0.25) is 0 Å². The van der Waals surface area contributed by atoms with E-state index in [1.54, 1.807) is 12.1 Å². The van der Waals surface area contributed by atoms with Crippen molar-refractivity contribution in [2.45, 2.75) is 45.3 Å². The molecule has 0 radical (unpaired) electrons. The van der Waals surface area contributed by atoms with E-state index in [1.807, 2.05) is 0 Å². The van der Waals surface area contributed by atoms with Gasteiger partial charge in [-0.1, -0.05) is 23.2 Å². The van der Waals surface area contributed by atoms with Crippen molar-refractivity contribution < 1.29 is 5.11 Å². The second-order valence-corrected chi connectivity index (χ2v) is 6.56. The molecule has 1 fully saturated rings. The summed E-state index contributed by atoms with van der Waals surface area (Å²) in [6.45, 7) is 7.06. The Kier molecular flexibility index (Phi) is 5.56.